The summed E-state index contributed by atoms with van der Waals surface area (Å²) < 4.78 is 5.13. The zero-order chi connectivity index (χ0) is 12.0. The van der Waals surface area contributed by atoms with Crippen molar-refractivity contribution in [1.82, 2.24) is 5.32 Å². The molecule has 1 aromatic rings. The topological polar surface area (TPSA) is 62.1 Å². The van der Waals surface area contributed by atoms with E-state index in [4.69, 9.17) is 10.00 Å². The predicted molar refractivity (Wildman–Crippen MR) is 59.9 cm³/mol. The van der Waals surface area contributed by atoms with Gasteiger partial charge in [0.2, 0.25) is 5.91 Å². The average Bonchev–Trinajstić information content (AvgIpc) is 2.29. The van der Waals surface area contributed by atoms with Gasteiger partial charge in [-0.05, 0) is 13.0 Å². The van der Waals surface area contributed by atoms with Crippen molar-refractivity contribution >= 4 is 5.91 Å². The number of para-hydroxylation sites is 1. The molecule has 1 amide bonds. The first-order chi connectivity index (χ1) is 7.67. The molecule has 0 fully saturated rings. The van der Waals surface area contributed by atoms with Crippen molar-refractivity contribution in [2.24, 2.45) is 0 Å². The van der Waals surface area contributed by atoms with Crippen LogP contribution in [0.1, 0.15) is 12.5 Å². The number of hydrogen-bond acceptors (Lipinski definition) is 3. The molecule has 0 aliphatic heterocycles. The molecule has 0 saturated heterocycles. The third kappa shape index (κ3) is 3.28. The Morgan fingerprint density at radius 1 is 1.56 bits per heavy atom. The van der Waals surface area contributed by atoms with Crippen LogP contribution in [0.4, 0.5) is 0 Å². The average molecular weight is 218 g/mol. The Labute approximate surface area is 94.8 Å². The van der Waals surface area contributed by atoms with Crippen LogP contribution < -0.4 is 10.1 Å². The monoisotopic (exact) mass is 218 g/mol. The smallest absolute Gasteiger partial charge is 0.225 e. The molecule has 1 aromatic carbocycles. The normalized spacial score (nSPS) is 11.3. The van der Waals surface area contributed by atoms with E-state index in [1.165, 1.54) is 0 Å². The molecular weight excluding hydrogens is 204 g/mol. The van der Waals surface area contributed by atoms with Crippen molar-refractivity contribution in [2.45, 2.75) is 19.4 Å². The fraction of sp³-hybridized carbons (Fsp3) is 0.333. The number of carbonyl (C=O) groups excluding carboxylic acids is 1. The molecule has 0 bridgehead atoms. The number of hydrogen-bond donors (Lipinski definition) is 1. The van der Waals surface area contributed by atoms with Crippen molar-refractivity contribution in [3.05, 3.63) is 29.8 Å². The van der Waals surface area contributed by atoms with Crippen LogP contribution in [0.15, 0.2) is 24.3 Å². The molecule has 16 heavy (non-hydrogen) atoms. The molecule has 0 aliphatic rings. The fourth-order valence-electron chi connectivity index (χ4n) is 1.35. The Bertz CT molecular complexity index is 410. The predicted octanol–water partition coefficient (Wildman–Crippen LogP) is 1.27. The van der Waals surface area contributed by atoms with Gasteiger partial charge in [0.25, 0.3) is 0 Å². The van der Waals surface area contributed by atoms with Crippen molar-refractivity contribution in [2.75, 3.05) is 7.11 Å². The number of amides is 1. The van der Waals surface area contributed by atoms with E-state index >= 15 is 0 Å². The quantitative estimate of drug-likeness (QED) is 0.827. The van der Waals surface area contributed by atoms with Gasteiger partial charge < -0.3 is 10.1 Å². The Balaban J connectivity index is 2.66. The summed E-state index contributed by atoms with van der Waals surface area (Å²) >= 11 is 0. The van der Waals surface area contributed by atoms with Gasteiger partial charge in [-0.15, -0.1) is 0 Å². The second kappa shape index (κ2) is 5.76. The standard InChI is InChI=1S/C12H14N2O2/c1-9(8-13)14-12(15)7-10-5-3-4-6-11(10)16-2/h3-6,9H,7H2,1-2H3,(H,14,15). The lowest BCUT2D eigenvalue weighted by Gasteiger charge is -2.09. The highest BCUT2D eigenvalue weighted by Gasteiger charge is 2.09. The van der Waals surface area contributed by atoms with Crippen LogP contribution in [0.3, 0.4) is 0 Å². The SMILES string of the molecule is COc1ccccc1CC(=O)NC(C)C#N. The van der Waals surface area contributed by atoms with Gasteiger partial charge in [0.1, 0.15) is 11.8 Å². The summed E-state index contributed by atoms with van der Waals surface area (Å²) in [4.78, 5) is 11.5. The molecule has 1 atom stereocenters. The summed E-state index contributed by atoms with van der Waals surface area (Å²) in [5.41, 5.74) is 0.813. The highest BCUT2D eigenvalue weighted by Crippen LogP contribution is 2.17. The molecule has 0 heterocycles. The van der Waals surface area contributed by atoms with Gasteiger partial charge in [0.05, 0.1) is 19.6 Å². The highest BCUT2D eigenvalue weighted by molar-refractivity contribution is 5.79. The molecule has 4 nitrogen and oxygen atoms in total. The summed E-state index contributed by atoms with van der Waals surface area (Å²) in [5.74, 6) is 0.501. The zero-order valence-electron chi connectivity index (χ0n) is 9.36. The van der Waals surface area contributed by atoms with Crippen LogP contribution >= 0.6 is 0 Å². The van der Waals surface area contributed by atoms with Crippen LogP contribution in [-0.4, -0.2) is 19.1 Å². The molecule has 0 aliphatic carbocycles. The Morgan fingerprint density at radius 3 is 2.88 bits per heavy atom. The largest absolute Gasteiger partial charge is 0.496 e. The molecule has 0 spiro atoms. The lowest BCUT2D eigenvalue weighted by Crippen LogP contribution is -2.32. The van der Waals surface area contributed by atoms with Gasteiger partial charge in [0.15, 0.2) is 0 Å². The van der Waals surface area contributed by atoms with E-state index < -0.39 is 6.04 Å². The summed E-state index contributed by atoms with van der Waals surface area (Å²) in [6.07, 6.45) is 0.218. The van der Waals surface area contributed by atoms with E-state index in [0.29, 0.717) is 5.75 Å². The molecule has 0 aromatic heterocycles. The first-order valence-electron chi connectivity index (χ1n) is 4.98. The molecular formula is C12H14N2O2. The van der Waals surface area contributed by atoms with Gasteiger partial charge in [-0.25, -0.2) is 0 Å². The molecule has 0 radical (unpaired) electrons. The van der Waals surface area contributed by atoms with Gasteiger partial charge in [-0.2, -0.15) is 5.26 Å². The number of nitriles is 1. The highest BCUT2D eigenvalue weighted by atomic mass is 16.5. The number of methoxy groups -OCH3 is 1. The number of nitrogens with one attached hydrogen (secondary N) is 1. The van der Waals surface area contributed by atoms with E-state index in [0.717, 1.165) is 5.56 Å². The van der Waals surface area contributed by atoms with E-state index in [1.807, 2.05) is 24.3 Å². The number of rotatable bonds is 4. The second-order valence-corrected chi connectivity index (χ2v) is 3.41. The van der Waals surface area contributed by atoms with Crippen LogP contribution in [0.2, 0.25) is 0 Å². The summed E-state index contributed by atoms with van der Waals surface area (Å²) in [6, 6.07) is 8.80. The number of nitrogens with zero attached hydrogens (tertiary/aromatic N) is 1. The van der Waals surface area contributed by atoms with Crippen LogP contribution in [0, 0.1) is 11.3 Å². The second-order valence-electron chi connectivity index (χ2n) is 3.41. The maximum absolute atomic E-state index is 11.5. The Morgan fingerprint density at radius 2 is 2.25 bits per heavy atom. The van der Waals surface area contributed by atoms with Crippen LogP contribution in [-0.2, 0) is 11.2 Å². The zero-order valence-corrected chi connectivity index (χ0v) is 9.36. The minimum atomic E-state index is -0.470. The van der Waals surface area contributed by atoms with Gasteiger partial charge >= 0.3 is 0 Å². The van der Waals surface area contributed by atoms with Crippen molar-refractivity contribution < 1.29 is 9.53 Å². The van der Waals surface area contributed by atoms with E-state index in [1.54, 1.807) is 20.1 Å². The Kier molecular flexibility index (Phi) is 4.34. The minimum Gasteiger partial charge on any atom is -0.496 e. The lowest BCUT2D eigenvalue weighted by molar-refractivity contribution is -0.120. The summed E-state index contributed by atoms with van der Waals surface area (Å²) in [6.45, 7) is 1.64. The maximum atomic E-state index is 11.5. The van der Waals surface area contributed by atoms with Crippen molar-refractivity contribution in [3.63, 3.8) is 0 Å². The number of carbonyl (C=O) groups is 1. The molecule has 0 saturated carbocycles. The molecule has 1 rings (SSSR count). The summed E-state index contributed by atoms with van der Waals surface area (Å²) in [5, 5.41) is 11.1. The van der Waals surface area contributed by atoms with E-state index in [9.17, 15) is 4.79 Å². The van der Waals surface area contributed by atoms with Crippen LogP contribution in [0.5, 0.6) is 5.75 Å². The Hall–Kier alpha value is -2.02. The summed E-state index contributed by atoms with van der Waals surface area (Å²) in [7, 11) is 1.56. The van der Waals surface area contributed by atoms with Gasteiger partial charge in [-0.1, -0.05) is 18.2 Å². The first-order valence-corrected chi connectivity index (χ1v) is 4.98. The fourth-order valence-corrected chi connectivity index (χ4v) is 1.35. The van der Waals surface area contributed by atoms with Crippen LogP contribution in [0.25, 0.3) is 0 Å². The van der Waals surface area contributed by atoms with Gasteiger partial charge in [-0.3, -0.25) is 4.79 Å². The lowest BCUT2D eigenvalue weighted by atomic mass is 10.1. The minimum absolute atomic E-state index is 0.182. The third-order valence-corrected chi connectivity index (χ3v) is 2.11. The first kappa shape index (κ1) is 12.1. The van der Waals surface area contributed by atoms with E-state index in [-0.39, 0.29) is 12.3 Å². The molecule has 84 valence electrons. The molecule has 4 heteroatoms. The van der Waals surface area contributed by atoms with E-state index in [2.05, 4.69) is 5.32 Å². The van der Waals surface area contributed by atoms with Crippen molar-refractivity contribution in [1.29, 1.82) is 5.26 Å². The number of ether oxygens (including phenoxy) is 1. The van der Waals surface area contributed by atoms with Gasteiger partial charge in [0, 0.05) is 5.56 Å². The van der Waals surface area contributed by atoms with Crippen molar-refractivity contribution in [3.8, 4) is 11.8 Å². The molecule has 1 unspecified atom stereocenters. The molecule has 1 N–H and O–H groups in total. The maximum Gasteiger partial charge on any atom is 0.225 e. The third-order valence-electron chi connectivity index (χ3n) is 2.11. The number of benzene rings is 1.